The van der Waals surface area contributed by atoms with E-state index in [1.807, 2.05) is 0 Å². The Balaban J connectivity index is 1.99. The number of nitrogens with two attached hydrogens (primary N) is 1. The summed E-state index contributed by atoms with van der Waals surface area (Å²) in [5, 5.41) is 0. The van der Waals surface area contributed by atoms with E-state index in [1.54, 1.807) is 6.33 Å². The third-order valence-electron chi connectivity index (χ3n) is 4.01. The molecule has 0 amide bonds. The van der Waals surface area contributed by atoms with Crippen LogP contribution < -0.4 is 16.2 Å². The molecular weight excluding hydrogens is 262 g/mol. The van der Waals surface area contributed by atoms with Crippen molar-refractivity contribution < 1.29 is 0 Å². The topological polar surface area (TPSA) is 67.1 Å². The number of nitrogens with one attached hydrogen (secondary N) is 1. The Labute approximate surface area is 125 Å². The van der Waals surface area contributed by atoms with Gasteiger partial charge in [-0.25, -0.2) is 15.8 Å². The van der Waals surface area contributed by atoms with Crippen molar-refractivity contribution in [1.29, 1.82) is 0 Å². The molecule has 3 N–H and O–H groups in total. The summed E-state index contributed by atoms with van der Waals surface area (Å²) in [4.78, 5) is 11.1. The van der Waals surface area contributed by atoms with Crippen LogP contribution in [0.5, 0.6) is 0 Å². The van der Waals surface area contributed by atoms with Crippen molar-refractivity contribution in [3.63, 3.8) is 0 Å². The van der Waals surface area contributed by atoms with Gasteiger partial charge in [0.15, 0.2) is 0 Å². The zero-order chi connectivity index (χ0) is 14.8. The lowest BCUT2D eigenvalue weighted by Gasteiger charge is -2.32. The summed E-state index contributed by atoms with van der Waals surface area (Å²) in [6.45, 7) is 6.14. The van der Waals surface area contributed by atoms with Crippen LogP contribution in [0, 0.1) is 0 Å². The van der Waals surface area contributed by atoms with E-state index < -0.39 is 0 Å². The largest absolute Gasteiger partial charge is 0.352 e. The van der Waals surface area contributed by atoms with Crippen LogP contribution in [0.1, 0.15) is 36.5 Å². The van der Waals surface area contributed by atoms with Crippen molar-refractivity contribution in [3.05, 3.63) is 47.3 Å². The third-order valence-corrected chi connectivity index (χ3v) is 4.01. The average Bonchev–Trinajstić information content (AvgIpc) is 2.53. The van der Waals surface area contributed by atoms with Crippen LogP contribution in [-0.2, 0) is 13.0 Å². The highest BCUT2D eigenvalue weighted by Gasteiger charge is 2.23. The van der Waals surface area contributed by atoms with Gasteiger partial charge in [0.25, 0.3) is 0 Å². The SMILES string of the molecule is CC(C)c1c(NN)ncnc1N1CCc2ccccc2C1. The number of benzene rings is 1. The van der Waals surface area contributed by atoms with E-state index in [1.165, 1.54) is 11.1 Å². The summed E-state index contributed by atoms with van der Waals surface area (Å²) in [6.07, 6.45) is 2.63. The molecule has 0 saturated heterocycles. The highest BCUT2D eigenvalue weighted by molar-refractivity contribution is 5.60. The maximum absolute atomic E-state index is 5.60. The van der Waals surface area contributed by atoms with E-state index in [4.69, 9.17) is 5.84 Å². The Morgan fingerprint density at radius 3 is 2.67 bits per heavy atom. The zero-order valence-corrected chi connectivity index (χ0v) is 12.5. The van der Waals surface area contributed by atoms with E-state index in [-0.39, 0.29) is 0 Å². The van der Waals surface area contributed by atoms with Crippen LogP contribution in [0.3, 0.4) is 0 Å². The minimum atomic E-state index is 0.310. The van der Waals surface area contributed by atoms with Gasteiger partial charge in [-0.15, -0.1) is 0 Å². The number of anilines is 2. The van der Waals surface area contributed by atoms with E-state index in [2.05, 4.69) is 58.4 Å². The maximum Gasteiger partial charge on any atom is 0.148 e. The smallest absolute Gasteiger partial charge is 0.148 e. The fourth-order valence-electron chi connectivity index (χ4n) is 2.96. The minimum absolute atomic E-state index is 0.310. The van der Waals surface area contributed by atoms with Gasteiger partial charge in [-0.1, -0.05) is 38.1 Å². The van der Waals surface area contributed by atoms with E-state index in [0.717, 1.165) is 30.9 Å². The van der Waals surface area contributed by atoms with Gasteiger partial charge >= 0.3 is 0 Å². The second kappa shape index (κ2) is 5.69. The van der Waals surface area contributed by atoms with Gasteiger partial charge in [0.1, 0.15) is 18.0 Å². The average molecular weight is 283 g/mol. The highest BCUT2D eigenvalue weighted by atomic mass is 15.3. The van der Waals surface area contributed by atoms with Gasteiger partial charge in [0.2, 0.25) is 0 Å². The van der Waals surface area contributed by atoms with Crippen LogP contribution in [-0.4, -0.2) is 16.5 Å². The highest BCUT2D eigenvalue weighted by Crippen LogP contribution is 2.32. The van der Waals surface area contributed by atoms with Crippen molar-refractivity contribution in [3.8, 4) is 0 Å². The summed E-state index contributed by atoms with van der Waals surface area (Å²) < 4.78 is 0. The summed E-state index contributed by atoms with van der Waals surface area (Å²) in [5.41, 5.74) is 6.59. The van der Waals surface area contributed by atoms with Crippen LogP contribution in [0.4, 0.5) is 11.6 Å². The number of hydrogen-bond donors (Lipinski definition) is 2. The van der Waals surface area contributed by atoms with Crippen LogP contribution in [0.15, 0.2) is 30.6 Å². The number of hydrazine groups is 1. The molecule has 1 aromatic carbocycles. The van der Waals surface area contributed by atoms with Crippen LogP contribution >= 0.6 is 0 Å². The van der Waals surface area contributed by atoms with Crippen molar-refractivity contribution >= 4 is 11.6 Å². The molecule has 5 heteroatoms. The number of rotatable bonds is 3. The van der Waals surface area contributed by atoms with Crippen molar-refractivity contribution in [1.82, 2.24) is 9.97 Å². The van der Waals surface area contributed by atoms with Crippen molar-refractivity contribution in [2.24, 2.45) is 5.84 Å². The van der Waals surface area contributed by atoms with E-state index in [0.29, 0.717) is 11.7 Å². The first-order valence-electron chi connectivity index (χ1n) is 7.34. The Morgan fingerprint density at radius 1 is 1.19 bits per heavy atom. The normalized spacial score (nSPS) is 14.2. The fraction of sp³-hybridized carbons (Fsp3) is 0.375. The molecule has 3 rings (SSSR count). The van der Waals surface area contributed by atoms with Gasteiger partial charge in [-0.05, 0) is 23.5 Å². The molecule has 1 aliphatic heterocycles. The lowest BCUT2D eigenvalue weighted by Crippen LogP contribution is -2.32. The summed E-state index contributed by atoms with van der Waals surface area (Å²) in [6, 6.07) is 8.61. The standard InChI is InChI=1S/C16H21N5/c1-11(2)14-15(20-17)18-10-19-16(14)21-8-7-12-5-3-4-6-13(12)9-21/h3-6,10-11H,7-9,17H2,1-2H3,(H,18,19,20). The Bertz CT molecular complexity index is 638. The lowest BCUT2D eigenvalue weighted by atomic mass is 9.98. The van der Waals surface area contributed by atoms with Gasteiger partial charge < -0.3 is 10.3 Å². The predicted octanol–water partition coefficient (Wildman–Crippen LogP) is 2.45. The molecule has 2 heterocycles. The molecule has 110 valence electrons. The Kier molecular flexibility index (Phi) is 3.75. The second-order valence-electron chi connectivity index (χ2n) is 5.70. The Morgan fingerprint density at radius 2 is 1.95 bits per heavy atom. The molecular formula is C16H21N5. The lowest BCUT2D eigenvalue weighted by molar-refractivity contribution is 0.705. The van der Waals surface area contributed by atoms with E-state index >= 15 is 0 Å². The maximum atomic E-state index is 5.60. The van der Waals surface area contributed by atoms with Crippen molar-refractivity contribution in [2.45, 2.75) is 32.7 Å². The first-order chi connectivity index (χ1) is 10.2. The summed E-state index contributed by atoms with van der Waals surface area (Å²) >= 11 is 0. The van der Waals surface area contributed by atoms with Crippen molar-refractivity contribution in [2.75, 3.05) is 16.9 Å². The molecule has 21 heavy (non-hydrogen) atoms. The first-order valence-corrected chi connectivity index (χ1v) is 7.34. The molecule has 2 aromatic rings. The summed E-state index contributed by atoms with van der Waals surface area (Å²) in [5.74, 6) is 7.62. The number of hydrogen-bond acceptors (Lipinski definition) is 5. The van der Waals surface area contributed by atoms with E-state index in [9.17, 15) is 0 Å². The molecule has 0 aliphatic carbocycles. The Hall–Kier alpha value is -2.14. The first kappa shape index (κ1) is 13.8. The van der Waals surface area contributed by atoms with Gasteiger partial charge in [-0.3, -0.25) is 0 Å². The zero-order valence-electron chi connectivity index (χ0n) is 12.5. The number of nitrogens with zero attached hydrogens (tertiary/aromatic N) is 3. The quantitative estimate of drug-likeness (QED) is 0.669. The number of fused-ring (bicyclic) bond motifs is 1. The minimum Gasteiger partial charge on any atom is -0.352 e. The second-order valence-corrected chi connectivity index (χ2v) is 5.70. The molecule has 0 radical (unpaired) electrons. The summed E-state index contributed by atoms with van der Waals surface area (Å²) in [7, 11) is 0. The van der Waals surface area contributed by atoms with Crippen LogP contribution in [0.25, 0.3) is 0 Å². The molecule has 0 saturated carbocycles. The fourth-order valence-corrected chi connectivity index (χ4v) is 2.96. The monoisotopic (exact) mass is 283 g/mol. The molecule has 0 bridgehead atoms. The molecule has 1 aromatic heterocycles. The molecule has 5 nitrogen and oxygen atoms in total. The molecule has 0 spiro atoms. The molecule has 0 atom stereocenters. The number of aromatic nitrogens is 2. The van der Waals surface area contributed by atoms with Crippen LogP contribution in [0.2, 0.25) is 0 Å². The third kappa shape index (κ3) is 2.56. The van der Waals surface area contributed by atoms with Gasteiger partial charge in [-0.2, -0.15) is 0 Å². The van der Waals surface area contributed by atoms with Gasteiger partial charge in [0.05, 0.1) is 0 Å². The number of nitrogen functional groups attached to an aromatic ring is 1. The van der Waals surface area contributed by atoms with Gasteiger partial charge in [0, 0.05) is 18.7 Å². The molecule has 0 fully saturated rings. The molecule has 1 aliphatic rings. The molecule has 0 unspecified atom stereocenters. The predicted molar refractivity (Wildman–Crippen MR) is 85.1 cm³/mol.